The second kappa shape index (κ2) is 8.82. The third kappa shape index (κ3) is 5.57. The maximum absolute atomic E-state index is 12.7. The Kier molecular flexibility index (Phi) is 6.76. The van der Waals surface area contributed by atoms with Gasteiger partial charge < -0.3 is 10.6 Å². The molecule has 2 aromatic carbocycles. The molecule has 0 fully saturated rings. The van der Waals surface area contributed by atoms with Crippen LogP contribution in [0, 0.1) is 5.92 Å². The summed E-state index contributed by atoms with van der Waals surface area (Å²) in [7, 11) is -2.05. The van der Waals surface area contributed by atoms with E-state index in [0.29, 0.717) is 24.7 Å². The first-order chi connectivity index (χ1) is 12.3. The van der Waals surface area contributed by atoms with Gasteiger partial charge in [-0.05, 0) is 35.7 Å². The van der Waals surface area contributed by atoms with Crippen molar-refractivity contribution in [2.24, 2.45) is 5.92 Å². The highest BCUT2D eigenvalue weighted by molar-refractivity contribution is 7.89. The van der Waals surface area contributed by atoms with Gasteiger partial charge in [-0.15, -0.1) is 0 Å². The van der Waals surface area contributed by atoms with E-state index in [-0.39, 0.29) is 10.9 Å². The van der Waals surface area contributed by atoms with Gasteiger partial charge in [-0.25, -0.2) is 13.2 Å². The highest BCUT2D eigenvalue weighted by atomic mass is 32.2. The number of rotatable bonds is 7. The molecule has 140 valence electrons. The van der Waals surface area contributed by atoms with Crippen molar-refractivity contribution in [2.45, 2.75) is 25.3 Å². The third-order valence-corrected chi connectivity index (χ3v) is 5.56. The van der Waals surface area contributed by atoms with Crippen molar-refractivity contribution in [2.75, 3.05) is 18.9 Å². The second-order valence-electron chi connectivity index (χ2n) is 6.50. The Bertz CT molecular complexity index is 819. The predicted molar refractivity (Wildman–Crippen MR) is 103 cm³/mol. The van der Waals surface area contributed by atoms with Crippen LogP contribution in [0.2, 0.25) is 0 Å². The molecule has 26 heavy (non-hydrogen) atoms. The van der Waals surface area contributed by atoms with E-state index in [1.54, 1.807) is 19.2 Å². The van der Waals surface area contributed by atoms with Crippen molar-refractivity contribution in [3.63, 3.8) is 0 Å². The molecule has 0 bridgehead atoms. The molecule has 0 radical (unpaired) electrons. The van der Waals surface area contributed by atoms with Crippen LogP contribution in [-0.2, 0) is 16.6 Å². The summed E-state index contributed by atoms with van der Waals surface area (Å²) in [5.74, 6) is 0.355. The Labute approximate surface area is 155 Å². The number of nitrogens with one attached hydrogen (secondary N) is 2. The zero-order valence-corrected chi connectivity index (χ0v) is 16.1. The number of hydrogen-bond donors (Lipinski definition) is 2. The summed E-state index contributed by atoms with van der Waals surface area (Å²) in [5.41, 5.74) is 1.45. The highest BCUT2D eigenvalue weighted by Crippen LogP contribution is 2.19. The van der Waals surface area contributed by atoms with E-state index in [4.69, 9.17) is 0 Å². The van der Waals surface area contributed by atoms with Gasteiger partial charge in [-0.1, -0.05) is 44.2 Å². The van der Waals surface area contributed by atoms with Crippen molar-refractivity contribution < 1.29 is 13.2 Å². The molecule has 6 nitrogen and oxygen atoms in total. The topological polar surface area (TPSA) is 78.5 Å². The SMILES string of the molecule is CC(C)CNC(=O)Nc1ccc(S(=O)(=O)N(C)Cc2ccccc2)cc1. The fourth-order valence-corrected chi connectivity index (χ4v) is 3.45. The second-order valence-corrected chi connectivity index (χ2v) is 8.54. The Hall–Kier alpha value is -2.38. The lowest BCUT2D eigenvalue weighted by atomic mass is 10.2. The summed E-state index contributed by atoms with van der Waals surface area (Å²) in [4.78, 5) is 11.9. The Morgan fingerprint density at radius 2 is 1.65 bits per heavy atom. The van der Waals surface area contributed by atoms with Gasteiger partial charge >= 0.3 is 6.03 Å². The smallest absolute Gasteiger partial charge is 0.319 e. The van der Waals surface area contributed by atoms with Gasteiger partial charge in [0.25, 0.3) is 0 Å². The van der Waals surface area contributed by atoms with Gasteiger partial charge in [0.1, 0.15) is 0 Å². The van der Waals surface area contributed by atoms with Crippen LogP contribution < -0.4 is 10.6 Å². The Morgan fingerprint density at radius 1 is 1.04 bits per heavy atom. The average molecular weight is 375 g/mol. The van der Waals surface area contributed by atoms with Crippen molar-refractivity contribution in [3.05, 3.63) is 60.2 Å². The molecule has 2 aromatic rings. The lowest BCUT2D eigenvalue weighted by Crippen LogP contribution is -2.31. The van der Waals surface area contributed by atoms with Gasteiger partial charge in [0, 0.05) is 25.8 Å². The monoisotopic (exact) mass is 375 g/mol. The number of amides is 2. The molecule has 2 N–H and O–H groups in total. The third-order valence-electron chi connectivity index (χ3n) is 3.74. The summed E-state index contributed by atoms with van der Waals surface area (Å²) >= 11 is 0. The van der Waals surface area contributed by atoms with Crippen LogP contribution in [0.5, 0.6) is 0 Å². The van der Waals surface area contributed by atoms with Gasteiger partial charge in [-0.3, -0.25) is 0 Å². The molecule has 0 saturated carbocycles. The van der Waals surface area contributed by atoms with E-state index >= 15 is 0 Å². The molecule has 0 aliphatic heterocycles. The molecular formula is C19H25N3O3S. The molecule has 0 aromatic heterocycles. The average Bonchev–Trinajstić information content (AvgIpc) is 2.61. The molecule has 0 spiro atoms. The van der Waals surface area contributed by atoms with Gasteiger partial charge in [-0.2, -0.15) is 4.31 Å². The fourth-order valence-electron chi connectivity index (χ4n) is 2.29. The van der Waals surface area contributed by atoms with Crippen molar-refractivity contribution >= 4 is 21.7 Å². The van der Waals surface area contributed by atoms with Crippen LogP contribution in [-0.4, -0.2) is 32.3 Å². The number of carbonyl (C=O) groups is 1. The number of benzene rings is 2. The maximum Gasteiger partial charge on any atom is 0.319 e. The van der Waals surface area contributed by atoms with Gasteiger partial charge in [0.2, 0.25) is 10.0 Å². The van der Waals surface area contributed by atoms with Crippen LogP contribution in [0.25, 0.3) is 0 Å². The fraction of sp³-hybridized carbons (Fsp3) is 0.316. The summed E-state index contributed by atoms with van der Waals surface area (Å²) in [6, 6.07) is 15.3. The van der Waals surface area contributed by atoms with Crippen LogP contribution in [0.3, 0.4) is 0 Å². The molecular weight excluding hydrogens is 350 g/mol. The summed E-state index contributed by atoms with van der Waals surface area (Å²) in [6.07, 6.45) is 0. The minimum atomic E-state index is -3.60. The Morgan fingerprint density at radius 3 is 2.23 bits per heavy atom. The summed E-state index contributed by atoms with van der Waals surface area (Å²) in [6.45, 7) is 4.88. The van der Waals surface area contributed by atoms with Gasteiger partial charge in [0.05, 0.1) is 4.90 Å². The Balaban J connectivity index is 2.02. The normalized spacial score (nSPS) is 11.6. The minimum absolute atomic E-state index is 0.184. The first-order valence-corrected chi connectivity index (χ1v) is 9.88. The van der Waals surface area contributed by atoms with E-state index in [9.17, 15) is 13.2 Å². The standard InChI is InChI=1S/C19H25N3O3S/c1-15(2)13-20-19(23)21-17-9-11-18(12-10-17)26(24,25)22(3)14-16-7-5-4-6-8-16/h4-12,15H,13-14H2,1-3H3,(H2,20,21,23). The zero-order chi connectivity index (χ0) is 19.2. The molecule has 0 atom stereocenters. The molecule has 0 aliphatic carbocycles. The molecule has 0 aliphatic rings. The first kappa shape index (κ1) is 19.9. The van der Waals surface area contributed by atoms with Crippen molar-refractivity contribution in [3.8, 4) is 0 Å². The van der Waals surface area contributed by atoms with Gasteiger partial charge in [0.15, 0.2) is 0 Å². The predicted octanol–water partition coefficient (Wildman–Crippen LogP) is 3.28. The van der Waals surface area contributed by atoms with Crippen molar-refractivity contribution in [1.29, 1.82) is 0 Å². The number of carbonyl (C=O) groups excluding carboxylic acids is 1. The number of nitrogens with zero attached hydrogens (tertiary/aromatic N) is 1. The molecule has 0 heterocycles. The highest BCUT2D eigenvalue weighted by Gasteiger charge is 2.20. The number of sulfonamides is 1. The van der Waals surface area contributed by atoms with Crippen LogP contribution >= 0.6 is 0 Å². The maximum atomic E-state index is 12.7. The van der Waals surface area contributed by atoms with E-state index < -0.39 is 10.0 Å². The number of urea groups is 1. The van der Waals surface area contributed by atoms with E-state index in [2.05, 4.69) is 10.6 Å². The number of hydrogen-bond acceptors (Lipinski definition) is 3. The molecule has 2 rings (SSSR count). The van der Waals surface area contributed by atoms with Crippen molar-refractivity contribution in [1.82, 2.24) is 9.62 Å². The minimum Gasteiger partial charge on any atom is -0.338 e. The van der Waals surface area contributed by atoms with Crippen LogP contribution in [0.4, 0.5) is 10.5 Å². The quantitative estimate of drug-likeness (QED) is 0.779. The summed E-state index contributed by atoms with van der Waals surface area (Å²) < 4.78 is 26.7. The largest absolute Gasteiger partial charge is 0.338 e. The van der Waals surface area contributed by atoms with Crippen LogP contribution in [0.15, 0.2) is 59.5 Å². The molecule has 0 unspecified atom stereocenters. The van der Waals surface area contributed by atoms with E-state index in [0.717, 1.165) is 5.56 Å². The molecule has 2 amide bonds. The summed E-state index contributed by atoms with van der Waals surface area (Å²) in [5, 5.41) is 5.43. The zero-order valence-electron chi connectivity index (χ0n) is 15.3. The lowest BCUT2D eigenvalue weighted by molar-refractivity contribution is 0.251. The van der Waals surface area contributed by atoms with Crippen LogP contribution in [0.1, 0.15) is 19.4 Å². The first-order valence-electron chi connectivity index (χ1n) is 8.44. The van der Waals surface area contributed by atoms with E-state index in [1.807, 2.05) is 44.2 Å². The molecule has 7 heteroatoms. The molecule has 0 saturated heterocycles. The van der Waals surface area contributed by atoms with E-state index in [1.165, 1.54) is 16.4 Å². The number of anilines is 1. The lowest BCUT2D eigenvalue weighted by Gasteiger charge is -2.17.